The number of hydrogen-bond acceptors (Lipinski definition) is 6. The molecule has 0 aliphatic carbocycles. The van der Waals surface area contributed by atoms with Crippen molar-refractivity contribution in [1.82, 2.24) is 25.8 Å². The molecule has 11 nitrogen and oxygen atoms in total. The fourth-order valence-electron chi connectivity index (χ4n) is 6.01. The molecule has 0 aromatic heterocycles. The summed E-state index contributed by atoms with van der Waals surface area (Å²) >= 11 is 0. The first-order valence-corrected chi connectivity index (χ1v) is 16.1. The summed E-state index contributed by atoms with van der Waals surface area (Å²) in [6, 6.07) is 19.4. The van der Waals surface area contributed by atoms with E-state index in [4.69, 9.17) is 4.74 Å². The molecule has 2 heterocycles. The van der Waals surface area contributed by atoms with Gasteiger partial charge in [-0.1, -0.05) is 54.6 Å². The minimum absolute atomic E-state index is 0.0186. The molecule has 5 rings (SSSR count). The Bertz CT molecular complexity index is 1620. The number of halogens is 1. The third kappa shape index (κ3) is 8.96. The van der Waals surface area contributed by atoms with E-state index in [-0.39, 0.29) is 55.1 Å². The molecule has 12 heteroatoms. The minimum atomic E-state index is -1.26. The number of hydrogen-bond donors (Lipinski definition) is 3. The van der Waals surface area contributed by atoms with Crippen LogP contribution in [0, 0.1) is 5.82 Å². The number of para-hydroxylation sites is 1. The summed E-state index contributed by atoms with van der Waals surface area (Å²) in [5.74, 6) is -2.58. The molecule has 3 N–H and O–H groups in total. The summed E-state index contributed by atoms with van der Waals surface area (Å²) in [4.78, 5) is 70.2. The second-order valence-corrected chi connectivity index (χ2v) is 12.1. The molecule has 3 aromatic rings. The van der Waals surface area contributed by atoms with Crippen LogP contribution in [0.15, 0.2) is 78.9 Å². The van der Waals surface area contributed by atoms with Gasteiger partial charge in [-0.15, -0.1) is 0 Å². The highest BCUT2D eigenvalue weighted by molar-refractivity contribution is 6.01. The third-order valence-electron chi connectivity index (χ3n) is 8.50. The van der Waals surface area contributed by atoms with E-state index in [0.717, 1.165) is 11.1 Å². The second kappa shape index (κ2) is 16.0. The average molecular weight is 658 g/mol. The number of fused-ring (bicyclic) bond motifs is 2. The van der Waals surface area contributed by atoms with Crippen LogP contribution in [0.3, 0.4) is 0 Å². The molecule has 1 fully saturated rings. The van der Waals surface area contributed by atoms with Crippen molar-refractivity contribution in [3.8, 4) is 5.75 Å². The van der Waals surface area contributed by atoms with Crippen molar-refractivity contribution >= 4 is 29.5 Å². The van der Waals surface area contributed by atoms with Gasteiger partial charge in [0.05, 0.1) is 24.6 Å². The lowest BCUT2D eigenvalue weighted by molar-refractivity contribution is -0.145. The highest BCUT2D eigenvalue weighted by Gasteiger charge is 2.38. The molecule has 0 bridgehead atoms. The normalized spacial score (nSPS) is 20.9. The monoisotopic (exact) mass is 657 g/mol. The topological polar surface area (TPSA) is 137 Å². The second-order valence-electron chi connectivity index (χ2n) is 12.1. The van der Waals surface area contributed by atoms with Gasteiger partial charge in [-0.2, -0.15) is 0 Å². The van der Waals surface area contributed by atoms with Gasteiger partial charge in [0.2, 0.25) is 23.6 Å². The lowest BCUT2D eigenvalue weighted by Gasteiger charge is -2.29. The SMILES string of the molecule is CN1CC(=O)N[C@H](Cc2ccccc2)COc2ccccc2C(=O)N[C@H](C(=O)NCCc2ccc(F)cc2)CC(=O)N2CCC[C@H]2C1=O. The van der Waals surface area contributed by atoms with E-state index in [9.17, 15) is 28.4 Å². The third-order valence-corrected chi connectivity index (χ3v) is 8.50. The first kappa shape index (κ1) is 34.1. The number of benzene rings is 3. The van der Waals surface area contributed by atoms with Gasteiger partial charge in [0, 0.05) is 20.1 Å². The molecule has 48 heavy (non-hydrogen) atoms. The van der Waals surface area contributed by atoms with E-state index in [2.05, 4.69) is 16.0 Å². The first-order valence-electron chi connectivity index (χ1n) is 16.1. The Morgan fingerprint density at radius 3 is 2.44 bits per heavy atom. The van der Waals surface area contributed by atoms with Crippen molar-refractivity contribution in [2.45, 2.75) is 50.2 Å². The Morgan fingerprint density at radius 1 is 0.938 bits per heavy atom. The van der Waals surface area contributed by atoms with Gasteiger partial charge in [0.15, 0.2) is 0 Å². The predicted octanol–water partition coefficient (Wildman–Crippen LogP) is 2.24. The lowest BCUT2D eigenvalue weighted by Crippen LogP contribution is -2.53. The molecule has 5 amide bonds. The molecule has 0 saturated carbocycles. The minimum Gasteiger partial charge on any atom is -0.491 e. The van der Waals surface area contributed by atoms with Crippen LogP contribution in [-0.2, 0) is 32.0 Å². The maximum absolute atomic E-state index is 13.7. The van der Waals surface area contributed by atoms with Gasteiger partial charge in [-0.25, -0.2) is 4.39 Å². The molecule has 2 aliphatic rings. The molecule has 1 saturated heterocycles. The van der Waals surface area contributed by atoms with Crippen LogP contribution < -0.4 is 20.7 Å². The molecule has 2 aliphatic heterocycles. The number of carbonyl (C=O) groups is 5. The van der Waals surface area contributed by atoms with Crippen molar-refractivity contribution in [3.05, 3.63) is 101 Å². The number of likely N-dealkylation sites (N-methyl/N-ethyl adjacent to an activating group) is 1. The van der Waals surface area contributed by atoms with Gasteiger partial charge in [-0.05, 0) is 61.1 Å². The van der Waals surface area contributed by atoms with E-state index in [1.807, 2.05) is 30.3 Å². The number of ether oxygens (including phenoxy) is 1. The molecular formula is C36H40FN5O6. The standard InChI is InChI=1S/C36H40FN5O6/c1-41-22-32(43)39-27(20-25-8-3-2-4-9-25)23-48-31-12-6-5-10-28(31)34(45)40-29(21-33(44)42-19-7-11-30(42)36(41)47)35(46)38-18-17-24-13-15-26(37)16-14-24/h2-6,8-10,12-16,27,29-30H,7,11,17-23H2,1H3,(H,38,46)(H,39,43)(H,40,45)/t27-,29+,30+/m1/s1. The molecule has 0 radical (unpaired) electrons. The zero-order valence-corrected chi connectivity index (χ0v) is 26.8. The van der Waals surface area contributed by atoms with Crippen LogP contribution in [0.2, 0.25) is 0 Å². The molecule has 0 unspecified atom stereocenters. The number of amides is 5. The van der Waals surface area contributed by atoms with Crippen molar-refractivity contribution in [1.29, 1.82) is 0 Å². The molecule has 0 spiro atoms. The molecule has 3 aromatic carbocycles. The molecule has 3 atom stereocenters. The van der Waals surface area contributed by atoms with E-state index in [0.29, 0.717) is 32.2 Å². The van der Waals surface area contributed by atoms with Gasteiger partial charge in [-0.3, -0.25) is 24.0 Å². The number of nitrogens with zero attached hydrogens (tertiary/aromatic N) is 2. The summed E-state index contributed by atoms with van der Waals surface area (Å²) in [6.07, 6.45) is 1.44. The summed E-state index contributed by atoms with van der Waals surface area (Å²) in [5.41, 5.74) is 1.91. The summed E-state index contributed by atoms with van der Waals surface area (Å²) in [7, 11) is 1.52. The van der Waals surface area contributed by atoms with Crippen molar-refractivity contribution in [2.24, 2.45) is 0 Å². The molecule has 252 valence electrons. The van der Waals surface area contributed by atoms with Crippen molar-refractivity contribution < 1.29 is 33.1 Å². The fraction of sp³-hybridized carbons (Fsp3) is 0.361. The summed E-state index contributed by atoms with van der Waals surface area (Å²) < 4.78 is 19.4. The summed E-state index contributed by atoms with van der Waals surface area (Å²) in [6.45, 7) is 0.283. The largest absolute Gasteiger partial charge is 0.491 e. The highest BCUT2D eigenvalue weighted by Crippen LogP contribution is 2.22. The Morgan fingerprint density at radius 2 is 1.67 bits per heavy atom. The zero-order valence-electron chi connectivity index (χ0n) is 26.8. The van der Waals surface area contributed by atoms with Crippen molar-refractivity contribution in [2.75, 3.05) is 33.3 Å². The highest BCUT2D eigenvalue weighted by atomic mass is 19.1. The summed E-state index contributed by atoms with van der Waals surface area (Å²) in [5, 5.41) is 8.47. The Kier molecular flexibility index (Phi) is 11.4. The van der Waals surface area contributed by atoms with Crippen LogP contribution in [-0.4, -0.2) is 90.8 Å². The zero-order chi connectivity index (χ0) is 34.0. The van der Waals surface area contributed by atoms with Gasteiger partial charge in [0.25, 0.3) is 5.91 Å². The van der Waals surface area contributed by atoms with Crippen LogP contribution >= 0.6 is 0 Å². The van der Waals surface area contributed by atoms with Gasteiger partial charge < -0.3 is 30.5 Å². The van der Waals surface area contributed by atoms with Crippen LogP contribution in [0.1, 0.15) is 40.7 Å². The molecular weight excluding hydrogens is 617 g/mol. The number of rotatable bonds is 6. The maximum atomic E-state index is 13.7. The lowest BCUT2D eigenvalue weighted by atomic mass is 10.1. The van der Waals surface area contributed by atoms with E-state index < -0.39 is 35.8 Å². The quantitative estimate of drug-likeness (QED) is 0.372. The van der Waals surface area contributed by atoms with Gasteiger partial charge >= 0.3 is 0 Å². The predicted molar refractivity (Wildman–Crippen MR) is 175 cm³/mol. The Hall–Kier alpha value is -5.26. The van der Waals surface area contributed by atoms with Gasteiger partial charge in [0.1, 0.15) is 30.3 Å². The fourth-order valence-corrected chi connectivity index (χ4v) is 6.01. The first-order chi connectivity index (χ1) is 23.2. The number of nitrogens with one attached hydrogen (secondary N) is 3. The van der Waals surface area contributed by atoms with E-state index in [1.165, 1.54) is 29.0 Å². The van der Waals surface area contributed by atoms with E-state index >= 15 is 0 Å². The van der Waals surface area contributed by atoms with Crippen LogP contribution in [0.5, 0.6) is 5.75 Å². The number of carbonyl (C=O) groups excluding carboxylic acids is 5. The Labute approximate surface area is 278 Å². The van der Waals surface area contributed by atoms with Crippen LogP contribution in [0.25, 0.3) is 0 Å². The van der Waals surface area contributed by atoms with Crippen molar-refractivity contribution in [3.63, 3.8) is 0 Å². The smallest absolute Gasteiger partial charge is 0.255 e. The van der Waals surface area contributed by atoms with Crippen LogP contribution in [0.4, 0.5) is 4.39 Å². The average Bonchev–Trinajstić information content (AvgIpc) is 3.58. The van der Waals surface area contributed by atoms with E-state index in [1.54, 1.807) is 36.4 Å². The maximum Gasteiger partial charge on any atom is 0.255 e. The Balaban J connectivity index is 1.40.